The lowest BCUT2D eigenvalue weighted by atomic mass is 10.2. The molecule has 0 aliphatic carbocycles. The van der Waals surface area contributed by atoms with E-state index in [9.17, 15) is 4.79 Å². The number of aromatic nitrogens is 4. The minimum atomic E-state index is -0.155. The van der Waals surface area contributed by atoms with Gasteiger partial charge in [-0.15, -0.1) is 0 Å². The molecule has 124 valence electrons. The zero-order valence-electron chi connectivity index (χ0n) is 14.2. The van der Waals surface area contributed by atoms with Crippen LogP contribution in [0.1, 0.15) is 21.9 Å². The van der Waals surface area contributed by atoms with Crippen molar-refractivity contribution in [2.24, 2.45) is 7.05 Å². The minimum Gasteiger partial charge on any atom is -0.349 e. The number of carbonyl (C=O) groups excluding carboxylic acids is 1. The molecule has 2 heterocycles. The number of amides is 1. The monoisotopic (exact) mass is 323 g/mol. The molecular formula is C18H21N5O. The Morgan fingerprint density at radius 2 is 1.92 bits per heavy atom. The third-order valence-corrected chi connectivity index (χ3v) is 4.05. The van der Waals surface area contributed by atoms with Crippen LogP contribution >= 0.6 is 0 Å². The van der Waals surface area contributed by atoms with Crippen LogP contribution in [0, 0.1) is 13.8 Å². The fourth-order valence-electron chi connectivity index (χ4n) is 2.60. The van der Waals surface area contributed by atoms with E-state index in [1.54, 1.807) is 10.7 Å². The molecule has 2 aromatic heterocycles. The van der Waals surface area contributed by atoms with Crippen LogP contribution in [-0.2, 0) is 13.6 Å². The van der Waals surface area contributed by atoms with Gasteiger partial charge in [-0.1, -0.05) is 30.3 Å². The summed E-state index contributed by atoms with van der Waals surface area (Å²) in [6.07, 6.45) is 1.85. The predicted octanol–water partition coefficient (Wildman–Crippen LogP) is 2.33. The Kier molecular flexibility index (Phi) is 4.46. The van der Waals surface area contributed by atoms with Gasteiger partial charge in [0.05, 0.1) is 0 Å². The molecule has 0 saturated carbocycles. The van der Waals surface area contributed by atoms with E-state index < -0.39 is 0 Å². The maximum atomic E-state index is 12.2. The van der Waals surface area contributed by atoms with Crippen molar-refractivity contribution >= 4 is 5.91 Å². The number of hydrogen-bond acceptors (Lipinski definition) is 3. The number of benzene rings is 1. The minimum absolute atomic E-state index is 0.155. The number of nitrogens with zero attached hydrogens (tertiary/aromatic N) is 4. The molecule has 0 spiro atoms. The van der Waals surface area contributed by atoms with E-state index in [2.05, 4.69) is 20.0 Å². The maximum Gasteiger partial charge on any atom is 0.271 e. The van der Waals surface area contributed by atoms with Crippen molar-refractivity contribution in [3.8, 4) is 11.4 Å². The lowest BCUT2D eigenvalue weighted by Gasteiger charge is -2.11. The number of carbonyl (C=O) groups is 1. The van der Waals surface area contributed by atoms with Crippen LogP contribution in [0.2, 0.25) is 0 Å². The first kappa shape index (κ1) is 16.0. The highest BCUT2D eigenvalue weighted by atomic mass is 16.1. The van der Waals surface area contributed by atoms with E-state index in [0.717, 1.165) is 22.8 Å². The summed E-state index contributed by atoms with van der Waals surface area (Å²) in [4.78, 5) is 16.7. The largest absolute Gasteiger partial charge is 0.349 e. The molecule has 1 N–H and O–H groups in total. The highest BCUT2D eigenvalue weighted by Gasteiger charge is 2.12. The van der Waals surface area contributed by atoms with E-state index >= 15 is 0 Å². The van der Waals surface area contributed by atoms with Gasteiger partial charge in [-0.3, -0.25) is 9.48 Å². The summed E-state index contributed by atoms with van der Waals surface area (Å²) in [5.74, 6) is 0.758. The summed E-state index contributed by atoms with van der Waals surface area (Å²) in [6, 6.07) is 11.8. The molecule has 1 amide bonds. The van der Waals surface area contributed by atoms with Gasteiger partial charge in [0.1, 0.15) is 11.5 Å². The molecule has 3 rings (SSSR count). The molecule has 0 radical (unpaired) electrons. The molecule has 0 atom stereocenters. The molecule has 0 fully saturated rings. The first-order valence-electron chi connectivity index (χ1n) is 7.92. The molecule has 6 heteroatoms. The molecule has 0 aliphatic heterocycles. The first-order chi connectivity index (χ1) is 11.6. The first-order valence-corrected chi connectivity index (χ1v) is 7.92. The summed E-state index contributed by atoms with van der Waals surface area (Å²) >= 11 is 0. The quantitative estimate of drug-likeness (QED) is 0.784. The number of rotatable bonds is 5. The van der Waals surface area contributed by atoms with E-state index in [1.807, 2.05) is 57.4 Å². The van der Waals surface area contributed by atoms with Crippen molar-refractivity contribution in [1.29, 1.82) is 0 Å². The van der Waals surface area contributed by atoms with Crippen LogP contribution in [0.4, 0.5) is 0 Å². The van der Waals surface area contributed by atoms with Gasteiger partial charge in [0.15, 0.2) is 0 Å². The summed E-state index contributed by atoms with van der Waals surface area (Å²) < 4.78 is 3.81. The van der Waals surface area contributed by atoms with Gasteiger partial charge in [-0.05, 0) is 19.9 Å². The molecule has 0 bridgehead atoms. The Labute approximate surface area is 141 Å². The predicted molar refractivity (Wildman–Crippen MR) is 92.7 cm³/mol. The Morgan fingerprint density at radius 3 is 2.58 bits per heavy atom. The molecule has 0 unspecified atom stereocenters. The normalized spacial score (nSPS) is 10.8. The zero-order chi connectivity index (χ0) is 17.1. The van der Waals surface area contributed by atoms with Crippen molar-refractivity contribution in [3.63, 3.8) is 0 Å². The van der Waals surface area contributed by atoms with Crippen LogP contribution in [0.5, 0.6) is 0 Å². The van der Waals surface area contributed by atoms with Gasteiger partial charge in [-0.25, -0.2) is 4.98 Å². The molecule has 0 aliphatic rings. The molecule has 6 nitrogen and oxygen atoms in total. The molecule has 1 aromatic carbocycles. The van der Waals surface area contributed by atoms with Gasteiger partial charge >= 0.3 is 0 Å². The van der Waals surface area contributed by atoms with Crippen molar-refractivity contribution in [2.45, 2.75) is 20.4 Å². The summed E-state index contributed by atoms with van der Waals surface area (Å²) in [6.45, 7) is 5.12. The van der Waals surface area contributed by atoms with E-state index in [-0.39, 0.29) is 5.91 Å². The van der Waals surface area contributed by atoms with Crippen molar-refractivity contribution < 1.29 is 4.79 Å². The van der Waals surface area contributed by atoms with Crippen LogP contribution in [0.25, 0.3) is 11.4 Å². The second-order valence-corrected chi connectivity index (χ2v) is 5.79. The Morgan fingerprint density at radius 1 is 1.17 bits per heavy atom. The summed E-state index contributed by atoms with van der Waals surface area (Å²) in [5.41, 5.74) is 3.53. The average molecular weight is 323 g/mol. The van der Waals surface area contributed by atoms with Crippen LogP contribution in [0.3, 0.4) is 0 Å². The second kappa shape index (κ2) is 6.70. The molecule has 24 heavy (non-hydrogen) atoms. The van der Waals surface area contributed by atoms with Crippen LogP contribution < -0.4 is 5.32 Å². The second-order valence-electron chi connectivity index (χ2n) is 5.79. The van der Waals surface area contributed by atoms with Crippen molar-refractivity contribution in [3.05, 3.63) is 59.7 Å². The van der Waals surface area contributed by atoms with Gasteiger partial charge in [0.25, 0.3) is 5.91 Å². The number of imidazole rings is 1. The standard InChI is InChI=1S/C18H21N5O/c1-13-11-16(21-22(13)3)18(24)19-9-10-23-14(2)12-20-17(23)15-7-5-4-6-8-15/h4-8,11-12H,9-10H2,1-3H3,(H,19,24). The number of hydrogen-bond donors (Lipinski definition) is 1. The Balaban J connectivity index is 1.67. The topological polar surface area (TPSA) is 64.7 Å². The lowest BCUT2D eigenvalue weighted by molar-refractivity contribution is 0.0946. The highest BCUT2D eigenvalue weighted by molar-refractivity contribution is 5.92. The van der Waals surface area contributed by atoms with E-state index in [0.29, 0.717) is 18.8 Å². The molecule has 0 saturated heterocycles. The summed E-state index contributed by atoms with van der Waals surface area (Å²) in [7, 11) is 1.83. The van der Waals surface area contributed by atoms with Crippen LogP contribution in [-0.4, -0.2) is 31.8 Å². The van der Waals surface area contributed by atoms with E-state index in [1.165, 1.54) is 0 Å². The van der Waals surface area contributed by atoms with Gasteiger partial charge in [0.2, 0.25) is 0 Å². The summed E-state index contributed by atoms with van der Waals surface area (Å²) in [5, 5.41) is 7.11. The third kappa shape index (κ3) is 3.22. The van der Waals surface area contributed by atoms with Crippen molar-refractivity contribution in [2.75, 3.05) is 6.54 Å². The zero-order valence-corrected chi connectivity index (χ0v) is 14.2. The fourth-order valence-corrected chi connectivity index (χ4v) is 2.60. The smallest absolute Gasteiger partial charge is 0.271 e. The molecule has 3 aromatic rings. The average Bonchev–Trinajstić information content (AvgIpc) is 3.12. The molecular weight excluding hydrogens is 302 g/mol. The maximum absolute atomic E-state index is 12.2. The highest BCUT2D eigenvalue weighted by Crippen LogP contribution is 2.18. The van der Waals surface area contributed by atoms with Gasteiger partial charge in [0, 0.05) is 43.3 Å². The number of nitrogens with one attached hydrogen (secondary N) is 1. The fraction of sp³-hybridized carbons (Fsp3) is 0.278. The number of aryl methyl sites for hydroxylation is 3. The van der Waals surface area contributed by atoms with Crippen molar-refractivity contribution in [1.82, 2.24) is 24.6 Å². The van der Waals surface area contributed by atoms with Gasteiger partial charge in [-0.2, -0.15) is 5.10 Å². The van der Waals surface area contributed by atoms with Gasteiger partial charge < -0.3 is 9.88 Å². The third-order valence-electron chi connectivity index (χ3n) is 4.05. The lowest BCUT2D eigenvalue weighted by Crippen LogP contribution is -2.28. The SMILES string of the molecule is Cc1cc(C(=O)NCCn2c(C)cnc2-c2ccccc2)nn1C. The van der Waals surface area contributed by atoms with E-state index in [4.69, 9.17) is 0 Å². The Bertz CT molecular complexity index is 828. The van der Waals surface area contributed by atoms with Crippen LogP contribution in [0.15, 0.2) is 42.6 Å². The Hall–Kier alpha value is -2.89.